The van der Waals surface area contributed by atoms with Crippen LogP contribution in [0.1, 0.15) is 5.56 Å². The lowest BCUT2D eigenvalue weighted by Crippen LogP contribution is -2.29. The molecule has 0 saturated carbocycles. The molecule has 2 rings (SSSR count). The molecule has 1 aliphatic heterocycles. The van der Waals surface area contributed by atoms with Crippen LogP contribution < -0.4 is 0 Å². The maximum absolute atomic E-state index is 13.5. The fraction of sp³-hybridized carbons (Fsp3) is 0.364. The maximum Gasteiger partial charge on any atom is 0.320 e. The van der Waals surface area contributed by atoms with Crippen LogP contribution in [-0.4, -0.2) is 36.0 Å². The third kappa shape index (κ3) is 2.19. The highest BCUT2D eigenvalue weighted by Crippen LogP contribution is 2.18. The number of likely N-dealkylation sites (N-methyl/N-ethyl adjacent to an activating group) is 1. The average Bonchev–Trinajstić information content (AvgIpc) is 2.54. The minimum atomic E-state index is -0.281. The van der Waals surface area contributed by atoms with Gasteiger partial charge in [0.05, 0.1) is 6.54 Å². The summed E-state index contributed by atoms with van der Waals surface area (Å²) >= 11 is 3.20. The van der Waals surface area contributed by atoms with E-state index in [0.717, 1.165) is 0 Å². The zero-order valence-corrected chi connectivity index (χ0v) is 10.5. The molecule has 0 atom stereocenters. The van der Waals surface area contributed by atoms with Gasteiger partial charge in [-0.1, -0.05) is 22.0 Å². The highest BCUT2D eigenvalue weighted by Gasteiger charge is 2.25. The van der Waals surface area contributed by atoms with Gasteiger partial charge in [-0.2, -0.15) is 0 Å². The van der Waals surface area contributed by atoms with Crippen molar-refractivity contribution in [2.45, 2.75) is 6.54 Å². The second kappa shape index (κ2) is 4.41. The van der Waals surface area contributed by atoms with Gasteiger partial charge in [0.15, 0.2) is 0 Å². The Morgan fingerprint density at radius 2 is 2.19 bits per heavy atom. The Kier molecular flexibility index (Phi) is 3.14. The Morgan fingerprint density at radius 1 is 1.44 bits per heavy atom. The number of halogens is 2. The van der Waals surface area contributed by atoms with E-state index >= 15 is 0 Å². The molecule has 1 fully saturated rings. The lowest BCUT2D eigenvalue weighted by atomic mass is 10.2. The molecule has 0 radical (unpaired) electrons. The standard InChI is InChI=1S/C11H12BrFN2O/c1-14-4-5-15(11(14)16)7-8-2-3-9(12)6-10(8)13/h2-3,6H,4-5,7H2,1H3. The van der Waals surface area contributed by atoms with Crippen molar-refractivity contribution in [1.29, 1.82) is 0 Å². The lowest BCUT2D eigenvalue weighted by molar-refractivity contribution is 0.196. The van der Waals surface area contributed by atoms with Crippen molar-refractivity contribution in [3.63, 3.8) is 0 Å². The Bertz CT molecular complexity index is 424. The first-order chi connectivity index (χ1) is 7.58. The Labute approximate surface area is 102 Å². The molecule has 0 unspecified atom stereocenters. The molecule has 2 amide bonds. The van der Waals surface area contributed by atoms with Crippen molar-refractivity contribution >= 4 is 22.0 Å². The van der Waals surface area contributed by atoms with E-state index in [4.69, 9.17) is 0 Å². The molecule has 3 nitrogen and oxygen atoms in total. The number of urea groups is 1. The van der Waals surface area contributed by atoms with E-state index in [2.05, 4.69) is 15.9 Å². The molecule has 1 saturated heterocycles. The number of carbonyl (C=O) groups is 1. The van der Waals surface area contributed by atoms with Crippen molar-refractivity contribution < 1.29 is 9.18 Å². The molecule has 16 heavy (non-hydrogen) atoms. The predicted octanol–water partition coefficient (Wildman–Crippen LogP) is 2.46. The minimum absolute atomic E-state index is 0.0395. The van der Waals surface area contributed by atoms with Gasteiger partial charge in [-0.05, 0) is 12.1 Å². The van der Waals surface area contributed by atoms with Crippen LogP contribution in [0.15, 0.2) is 22.7 Å². The number of rotatable bonds is 2. The van der Waals surface area contributed by atoms with Crippen molar-refractivity contribution in [2.24, 2.45) is 0 Å². The molecule has 86 valence electrons. The fourth-order valence-corrected chi connectivity index (χ4v) is 2.04. The van der Waals surface area contributed by atoms with Gasteiger partial charge in [-0.3, -0.25) is 0 Å². The van der Waals surface area contributed by atoms with Gasteiger partial charge in [0.1, 0.15) is 5.82 Å². The second-order valence-electron chi connectivity index (χ2n) is 3.86. The van der Waals surface area contributed by atoms with Crippen LogP contribution in [0.2, 0.25) is 0 Å². The summed E-state index contributed by atoms with van der Waals surface area (Å²) in [6, 6.07) is 4.86. The minimum Gasteiger partial charge on any atom is -0.326 e. The zero-order valence-electron chi connectivity index (χ0n) is 8.91. The summed E-state index contributed by atoms with van der Waals surface area (Å²) in [6.45, 7) is 1.70. The first-order valence-corrected chi connectivity index (χ1v) is 5.81. The summed E-state index contributed by atoms with van der Waals surface area (Å²) < 4.78 is 14.3. The average molecular weight is 287 g/mol. The van der Waals surface area contributed by atoms with Crippen molar-refractivity contribution in [2.75, 3.05) is 20.1 Å². The molecule has 1 heterocycles. The van der Waals surface area contributed by atoms with Crippen LogP contribution in [0.4, 0.5) is 9.18 Å². The normalized spacial score (nSPS) is 16.1. The third-order valence-electron chi connectivity index (χ3n) is 2.68. The molecule has 5 heteroatoms. The van der Waals surface area contributed by atoms with Crippen LogP contribution >= 0.6 is 15.9 Å². The highest BCUT2D eigenvalue weighted by molar-refractivity contribution is 9.10. The largest absolute Gasteiger partial charge is 0.326 e. The first-order valence-electron chi connectivity index (χ1n) is 5.02. The van der Waals surface area contributed by atoms with Gasteiger partial charge in [-0.15, -0.1) is 0 Å². The quantitative estimate of drug-likeness (QED) is 0.819. The van der Waals surface area contributed by atoms with Gasteiger partial charge in [0.2, 0.25) is 0 Å². The molecule has 0 aromatic heterocycles. The van der Waals surface area contributed by atoms with Crippen LogP contribution in [0.25, 0.3) is 0 Å². The summed E-state index contributed by atoms with van der Waals surface area (Å²) in [6.07, 6.45) is 0. The van der Waals surface area contributed by atoms with E-state index in [1.54, 1.807) is 29.0 Å². The molecule has 1 aromatic carbocycles. The number of carbonyl (C=O) groups excluding carboxylic acids is 1. The van der Waals surface area contributed by atoms with Crippen molar-refractivity contribution in [3.05, 3.63) is 34.1 Å². The number of nitrogens with zero attached hydrogens (tertiary/aromatic N) is 2. The number of hydrogen-bond donors (Lipinski definition) is 0. The Morgan fingerprint density at radius 3 is 2.75 bits per heavy atom. The van der Waals surface area contributed by atoms with Crippen LogP contribution in [0.3, 0.4) is 0 Å². The highest BCUT2D eigenvalue weighted by atomic mass is 79.9. The molecule has 0 N–H and O–H groups in total. The monoisotopic (exact) mass is 286 g/mol. The Hall–Kier alpha value is -1.10. The summed E-state index contributed by atoms with van der Waals surface area (Å²) in [5, 5.41) is 0. The second-order valence-corrected chi connectivity index (χ2v) is 4.78. The van der Waals surface area contributed by atoms with Crippen molar-refractivity contribution in [3.8, 4) is 0 Å². The zero-order chi connectivity index (χ0) is 11.7. The summed E-state index contributed by atoms with van der Waals surface area (Å²) in [7, 11) is 1.75. The molecular formula is C11H12BrFN2O. The third-order valence-corrected chi connectivity index (χ3v) is 3.17. The maximum atomic E-state index is 13.5. The van der Waals surface area contributed by atoms with E-state index in [-0.39, 0.29) is 11.8 Å². The smallest absolute Gasteiger partial charge is 0.320 e. The molecular weight excluding hydrogens is 275 g/mol. The number of benzene rings is 1. The molecule has 1 aliphatic rings. The van der Waals surface area contributed by atoms with Crippen molar-refractivity contribution in [1.82, 2.24) is 9.80 Å². The topological polar surface area (TPSA) is 23.6 Å². The van der Waals surface area contributed by atoms with Gasteiger partial charge in [-0.25, -0.2) is 9.18 Å². The van der Waals surface area contributed by atoms with Gasteiger partial charge in [0.25, 0.3) is 0 Å². The summed E-state index contributed by atoms with van der Waals surface area (Å²) in [5.74, 6) is -0.281. The van der Waals surface area contributed by atoms with Crippen LogP contribution in [-0.2, 0) is 6.54 Å². The van der Waals surface area contributed by atoms with E-state index in [0.29, 0.717) is 29.7 Å². The van der Waals surface area contributed by atoms with Crippen LogP contribution in [0.5, 0.6) is 0 Å². The van der Waals surface area contributed by atoms with Crippen LogP contribution in [0, 0.1) is 5.82 Å². The SMILES string of the molecule is CN1CCN(Cc2ccc(Br)cc2F)C1=O. The van der Waals surface area contributed by atoms with E-state index < -0.39 is 0 Å². The van der Waals surface area contributed by atoms with E-state index in [9.17, 15) is 9.18 Å². The fourth-order valence-electron chi connectivity index (χ4n) is 1.71. The predicted molar refractivity (Wildman–Crippen MR) is 62.5 cm³/mol. The molecule has 1 aromatic rings. The molecule has 0 bridgehead atoms. The number of amides is 2. The lowest BCUT2D eigenvalue weighted by Gasteiger charge is -2.16. The first kappa shape index (κ1) is 11.4. The summed E-state index contributed by atoms with van der Waals surface area (Å²) in [4.78, 5) is 14.9. The molecule has 0 spiro atoms. The molecule has 0 aliphatic carbocycles. The Balaban J connectivity index is 2.12. The van der Waals surface area contributed by atoms with Gasteiger partial charge < -0.3 is 9.80 Å². The van der Waals surface area contributed by atoms with Gasteiger partial charge in [0, 0.05) is 30.2 Å². The van der Waals surface area contributed by atoms with E-state index in [1.807, 2.05) is 0 Å². The van der Waals surface area contributed by atoms with Gasteiger partial charge >= 0.3 is 6.03 Å². The van der Waals surface area contributed by atoms with E-state index in [1.165, 1.54) is 6.07 Å². The number of hydrogen-bond acceptors (Lipinski definition) is 1. The summed E-state index contributed by atoms with van der Waals surface area (Å²) in [5.41, 5.74) is 0.548.